The van der Waals surface area contributed by atoms with E-state index < -0.39 is 20.0 Å². The maximum absolute atomic E-state index is 12.3. The molecule has 1 heterocycles. The molecular weight excluding hydrogens is 352 g/mol. The first-order valence-corrected chi connectivity index (χ1v) is 11.2. The molecule has 0 radical (unpaired) electrons. The zero-order valence-electron chi connectivity index (χ0n) is 14.0. The molecule has 0 aliphatic carbocycles. The number of sulfonamides is 2. The number of unbranched alkanes of at least 4 members (excludes halogenated alkanes) is 1. The van der Waals surface area contributed by atoms with Crippen molar-refractivity contribution in [1.29, 1.82) is 0 Å². The average molecular weight is 377 g/mol. The molecule has 1 fully saturated rings. The summed E-state index contributed by atoms with van der Waals surface area (Å²) < 4.78 is 57.8. The number of anilines is 2. The minimum atomic E-state index is -3.45. The molecule has 0 spiro atoms. The third-order valence-electron chi connectivity index (χ3n) is 3.84. The van der Waals surface area contributed by atoms with Crippen LogP contribution in [-0.2, 0) is 20.0 Å². The van der Waals surface area contributed by atoms with Crippen LogP contribution in [0.2, 0.25) is 0 Å². The van der Waals surface area contributed by atoms with E-state index in [0.29, 0.717) is 36.5 Å². The molecule has 0 unspecified atom stereocenters. The van der Waals surface area contributed by atoms with Crippen LogP contribution in [0.15, 0.2) is 18.2 Å². The van der Waals surface area contributed by atoms with E-state index in [9.17, 15) is 16.8 Å². The fourth-order valence-electron chi connectivity index (χ4n) is 2.57. The van der Waals surface area contributed by atoms with Crippen LogP contribution in [0.1, 0.15) is 32.6 Å². The first kappa shape index (κ1) is 18.9. The molecule has 2 rings (SSSR count). The summed E-state index contributed by atoms with van der Waals surface area (Å²) >= 11 is 0. The van der Waals surface area contributed by atoms with Crippen molar-refractivity contribution in [1.82, 2.24) is 0 Å². The Labute approximate surface area is 144 Å². The predicted octanol–water partition coefficient (Wildman–Crippen LogP) is 2.17. The Balaban J connectivity index is 2.34. The lowest BCUT2D eigenvalue weighted by Crippen LogP contribution is -2.38. The van der Waals surface area contributed by atoms with Crippen LogP contribution in [0, 0.1) is 0 Å². The molecule has 9 heteroatoms. The Hall–Kier alpha value is -1.48. The summed E-state index contributed by atoms with van der Waals surface area (Å²) in [7, 11) is -5.40. The van der Waals surface area contributed by atoms with E-state index in [1.807, 2.05) is 6.92 Å². The molecule has 1 aliphatic heterocycles. The molecule has 1 saturated heterocycles. The van der Waals surface area contributed by atoms with Gasteiger partial charge < -0.3 is 4.74 Å². The third-order valence-corrected chi connectivity index (χ3v) is 7.07. The van der Waals surface area contributed by atoms with Gasteiger partial charge in [0.2, 0.25) is 20.0 Å². The summed E-state index contributed by atoms with van der Waals surface area (Å²) in [5.74, 6) is 0.521. The van der Waals surface area contributed by atoms with Gasteiger partial charge in [-0.05, 0) is 37.5 Å². The summed E-state index contributed by atoms with van der Waals surface area (Å²) in [4.78, 5) is 0. The van der Waals surface area contributed by atoms with E-state index >= 15 is 0 Å². The van der Waals surface area contributed by atoms with Crippen LogP contribution >= 0.6 is 0 Å². The summed E-state index contributed by atoms with van der Waals surface area (Å²) in [6, 6.07) is 4.67. The number of nitrogens with one attached hydrogen (secondary N) is 1. The molecule has 7 nitrogen and oxygen atoms in total. The largest absolute Gasteiger partial charge is 0.495 e. The smallest absolute Gasteiger partial charge is 0.235 e. The zero-order chi connectivity index (χ0) is 17.8. The van der Waals surface area contributed by atoms with Crippen molar-refractivity contribution in [3.63, 3.8) is 0 Å². The van der Waals surface area contributed by atoms with Gasteiger partial charge in [-0.2, -0.15) is 0 Å². The molecule has 1 aliphatic rings. The number of methoxy groups -OCH3 is 1. The minimum absolute atomic E-state index is 0.0346. The molecule has 0 bridgehead atoms. The molecule has 0 atom stereocenters. The maximum atomic E-state index is 12.3. The second-order valence-electron chi connectivity index (χ2n) is 5.76. The predicted molar refractivity (Wildman–Crippen MR) is 95.7 cm³/mol. The molecule has 136 valence electrons. The lowest BCUT2D eigenvalue weighted by atomic mass is 10.2. The van der Waals surface area contributed by atoms with Crippen molar-refractivity contribution < 1.29 is 21.6 Å². The average Bonchev–Trinajstić information content (AvgIpc) is 2.52. The van der Waals surface area contributed by atoms with Gasteiger partial charge in [0, 0.05) is 6.54 Å². The van der Waals surface area contributed by atoms with Crippen molar-refractivity contribution in [2.75, 3.05) is 34.2 Å². The van der Waals surface area contributed by atoms with Crippen molar-refractivity contribution in [3.8, 4) is 5.75 Å². The van der Waals surface area contributed by atoms with Gasteiger partial charge in [-0.25, -0.2) is 16.8 Å². The molecule has 0 amide bonds. The van der Waals surface area contributed by atoms with E-state index in [-0.39, 0.29) is 11.5 Å². The molecule has 1 N–H and O–H groups in total. The highest BCUT2D eigenvalue weighted by Gasteiger charge is 2.28. The Bertz CT molecular complexity index is 775. The van der Waals surface area contributed by atoms with E-state index in [1.54, 1.807) is 12.1 Å². The van der Waals surface area contributed by atoms with Crippen molar-refractivity contribution in [2.24, 2.45) is 0 Å². The van der Waals surface area contributed by atoms with E-state index in [0.717, 1.165) is 12.8 Å². The molecular formula is C15H24N2O5S2. The second kappa shape index (κ2) is 7.60. The molecule has 0 aromatic heterocycles. The highest BCUT2D eigenvalue weighted by atomic mass is 32.2. The van der Waals surface area contributed by atoms with Crippen molar-refractivity contribution in [2.45, 2.75) is 32.6 Å². The number of hydrogen-bond acceptors (Lipinski definition) is 5. The summed E-state index contributed by atoms with van der Waals surface area (Å²) in [5, 5.41) is 0. The van der Waals surface area contributed by atoms with Crippen LogP contribution in [-0.4, -0.2) is 42.0 Å². The summed E-state index contributed by atoms with van der Waals surface area (Å²) in [6.07, 6.45) is 2.74. The number of ether oxygens (including phenoxy) is 1. The number of benzene rings is 1. The lowest BCUT2D eigenvalue weighted by molar-refractivity contribution is 0.415. The fraction of sp³-hybridized carbons (Fsp3) is 0.600. The monoisotopic (exact) mass is 376 g/mol. The Morgan fingerprint density at radius 2 is 2.04 bits per heavy atom. The van der Waals surface area contributed by atoms with Gasteiger partial charge in [0.25, 0.3) is 0 Å². The Kier molecular flexibility index (Phi) is 5.97. The van der Waals surface area contributed by atoms with Crippen LogP contribution in [0.5, 0.6) is 5.75 Å². The van der Waals surface area contributed by atoms with Crippen LogP contribution in [0.4, 0.5) is 11.4 Å². The quantitative estimate of drug-likeness (QED) is 0.787. The topological polar surface area (TPSA) is 92.8 Å². The van der Waals surface area contributed by atoms with Crippen LogP contribution in [0.25, 0.3) is 0 Å². The highest BCUT2D eigenvalue weighted by molar-refractivity contribution is 7.93. The standard InChI is InChI=1S/C15H24N2O5S2/c1-3-4-10-23(18,19)16-13-7-8-15(22-2)14(12-13)17-9-5-6-11-24(17,20)21/h7-8,12,16H,3-6,9-11H2,1-2H3. The van der Waals surface area contributed by atoms with E-state index in [2.05, 4.69) is 4.72 Å². The van der Waals surface area contributed by atoms with E-state index in [4.69, 9.17) is 4.74 Å². The van der Waals surface area contributed by atoms with Crippen LogP contribution in [0.3, 0.4) is 0 Å². The van der Waals surface area contributed by atoms with Crippen molar-refractivity contribution in [3.05, 3.63) is 18.2 Å². The number of nitrogens with zero attached hydrogens (tertiary/aromatic N) is 1. The van der Waals surface area contributed by atoms with Gasteiger partial charge in [-0.1, -0.05) is 13.3 Å². The fourth-order valence-corrected chi connectivity index (χ4v) is 5.47. The van der Waals surface area contributed by atoms with Crippen LogP contribution < -0.4 is 13.8 Å². The first-order valence-electron chi connectivity index (χ1n) is 7.98. The SMILES string of the molecule is CCCCS(=O)(=O)Nc1ccc(OC)c(N2CCCCS2(=O)=O)c1. The third kappa shape index (κ3) is 4.54. The minimum Gasteiger partial charge on any atom is -0.495 e. The van der Waals surface area contributed by atoms with Gasteiger partial charge in [0.1, 0.15) is 5.75 Å². The molecule has 24 heavy (non-hydrogen) atoms. The summed E-state index contributed by atoms with van der Waals surface area (Å²) in [5.41, 5.74) is 0.704. The van der Waals surface area contributed by atoms with Gasteiger partial charge in [-0.3, -0.25) is 9.03 Å². The van der Waals surface area contributed by atoms with Gasteiger partial charge in [-0.15, -0.1) is 0 Å². The zero-order valence-corrected chi connectivity index (χ0v) is 15.6. The summed E-state index contributed by atoms with van der Waals surface area (Å²) in [6.45, 7) is 2.28. The van der Waals surface area contributed by atoms with Gasteiger partial charge >= 0.3 is 0 Å². The van der Waals surface area contributed by atoms with Gasteiger partial charge in [0.05, 0.1) is 30.0 Å². The Morgan fingerprint density at radius 3 is 2.67 bits per heavy atom. The second-order valence-corrected chi connectivity index (χ2v) is 9.61. The highest BCUT2D eigenvalue weighted by Crippen LogP contribution is 2.35. The Morgan fingerprint density at radius 1 is 1.29 bits per heavy atom. The number of rotatable bonds is 7. The normalized spacial score (nSPS) is 17.5. The molecule has 1 aromatic rings. The van der Waals surface area contributed by atoms with E-state index in [1.165, 1.54) is 17.5 Å². The maximum Gasteiger partial charge on any atom is 0.235 e. The molecule has 0 saturated carbocycles. The first-order chi connectivity index (χ1) is 11.3. The number of hydrogen-bond donors (Lipinski definition) is 1. The lowest BCUT2D eigenvalue weighted by Gasteiger charge is -2.29. The van der Waals surface area contributed by atoms with Gasteiger partial charge in [0.15, 0.2) is 0 Å². The molecule has 1 aromatic carbocycles. The van der Waals surface area contributed by atoms with Crippen molar-refractivity contribution >= 4 is 31.4 Å².